The molecule has 2 aromatic heterocycles. The van der Waals surface area contributed by atoms with Crippen LogP contribution in [0.4, 0.5) is 0 Å². The van der Waals surface area contributed by atoms with Gasteiger partial charge in [-0.15, -0.1) is 0 Å². The van der Waals surface area contributed by atoms with Crippen LogP contribution in [-0.4, -0.2) is 15.0 Å². The standard InChI is InChI=1S/C49H29N3O/c1-3-14-30(15-4-1)34-24-13-18-32-28-42(45-40-23-11-12-25-43(40)53-46(45)44(32)34)49-51-47(31-16-5-2-6-17-31)50-48(52-49)33-26-27-39-37-21-8-7-19-35(37)36-20-9-10-22-38(36)41(39)29-33/h1-29H. The van der Waals surface area contributed by atoms with Gasteiger partial charge in [-0.25, -0.2) is 15.0 Å². The van der Waals surface area contributed by atoms with Crippen LogP contribution in [0.1, 0.15) is 0 Å². The third-order valence-corrected chi connectivity index (χ3v) is 10.5. The number of hydrogen-bond acceptors (Lipinski definition) is 4. The van der Waals surface area contributed by atoms with E-state index in [4.69, 9.17) is 19.4 Å². The fourth-order valence-corrected chi connectivity index (χ4v) is 8.08. The number of furan rings is 1. The van der Waals surface area contributed by atoms with E-state index in [1.807, 2.05) is 36.4 Å². The Morgan fingerprint density at radius 2 is 0.868 bits per heavy atom. The minimum atomic E-state index is 0.598. The van der Waals surface area contributed by atoms with E-state index in [0.717, 1.165) is 60.5 Å². The molecule has 0 saturated heterocycles. The quantitative estimate of drug-likeness (QED) is 0.174. The second-order valence-electron chi connectivity index (χ2n) is 13.5. The average molecular weight is 676 g/mol. The van der Waals surface area contributed by atoms with Gasteiger partial charge in [-0.1, -0.05) is 158 Å². The molecule has 0 spiro atoms. The van der Waals surface area contributed by atoms with Gasteiger partial charge in [0.1, 0.15) is 11.2 Å². The largest absolute Gasteiger partial charge is 0.455 e. The smallest absolute Gasteiger partial charge is 0.164 e. The molecule has 0 bridgehead atoms. The molecule has 0 fully saturated rings. The SMILES string of the molecule is c1ccc(-c2nc(-c3ccc4c5ccccc5c5ccccc5c4c3)nc(-c3cc4cccc(-c5ccccc5)c4c4oc5ccccc5c34)n2)cc1. The van der Waals surface area contributed by atoms with Crippen molar-refractivity contribution < 1.29 is 4.42 Å². The van der Waals surface area contributed by atoms with Crippen LogP contribution in [0.3, 0.4) is 0 Å². The summed E-state index contributed by atoms with van der Waals surface area (Å²) in [5, 5.41) is 11.4. The highest BCUT2D eigenvalue weighted by molar-refractivity contribution is 6.26. The predicted molar refractivity (Wildman–Crippen MR) is 219 cm³/mol. The Kier molecular flexibility index (Phi) is 6.52. The maximum atomic E-state index is 6.77. The Hall–Kier alpha value is -7.17. The van der Waals surface area contributed by atoms with Gasteiger partial charge in [0.05, 0.1) is 0 Å². The molecular formula is C49H29N3O. The lowest BCUT2D eigenvalue weighted by atomic mass is 9.93. The van der Waals surface area contributed by atoms with Crippen LogP contribution in [0.25, 0.3) is 110 Å². The topological polar surface area (TPSA) is 51.8 Å². The van der Waals surface area contributed by atoms with Crippen molar-refractivity contribution in [3.05, 3.63) is 176 Å². The number of para-hydroxylation sites is 1. The monoisotopic (exact) mass is 675 g/mol. The number of rotatable bonds is 4. The Morgan fingerprint density at radius 1 is 0.321 bits per heavy atom. The lowest BCUT2D eigenvalue weighted by Crippen LogP contribution is -2.01. The first-order chi connectivity index (χ1) is 26.3. The molecule has 0 amide bonds. The number of hydrogen-bond donors (Lipinski definition) is 0. The zero-order valence-electron chi connectivity index (χ0n) is 28.5. The summed E-state index contributed by atoms with van der Waals surface area (Å²) in [6.45, 7) is 0. The molecule has 0 atom stereocenters. The summed E-state index contributed by atoms with van der Waals surface area (Å²) < 4.78 is 6.77. The molecular weight excluding hydrogens is 647 g/mol. The van der Waals surface area contributed by atoms with E-state index < -0.39 is 0 Å². The third-order valence-electron chi connectivity index (χ3n) is 10.5. The van der Waals surface area contributed by atoms with Crippen molar-refractivity contribution in [3.8, 4) is 45.3 Å². The first-order valence-electron chi connectivity index (χ1n) is 17.9. The molecule has 11 rings (SSSR count). The van der Waals surface area contributed by atoms with Crippen molar-refractivity contribution in [1.29, 1.82) is 0 Å². The van der Waals surface area contributed by atoms with Crippen molar-refractivity contribution >= 4 is 65.0 Å². The fraction of sp³-hybridized carbons (Fsp3) is 0. The normalized spacial score (nSPS) is 11.8. The van der Waals surface area contributed by atoms with Gasteiger partial charge in [0.15, 0.2) is 17.5 Å². The van der Waals surface area contributed by atoms with Gasteiger partial charge < -0.3 is 4.42 Å². The molecule has 0 radical (unpaired) electrons. The number of fused-ring (bicyclic) bond motifs is 11. The molecule has 4 nitrogen and oxygen atoms in total. The minimum Gasteiger partial charge on any atom is -0.455 e. The van der Waals surface area contributed by atoms with Gasteiger partial charge in [0, 0.05) is 32.8 Å². The molecule has 0 aliphatic rings. The van der Waals surface area contributed by atoms with E-state index in [0.29, 0.717) is 17.5 Å². The van der Waals surface area contributed by atoms with E-state index in [9.17, 15) is 0 Å². The van der Waals surface area contributed by atoms with Gasteiger partial charge >= 0.3 is 0 Å². The van der Waals surface area contributed by atoms with Crippen LogP contribution in [0.15, 0.2) is 180 Å². The van der Waals surface area contributed by atoms with Crippen molar-refractivity contribution in [2.24, 2.45) is 0 Å². The molecule has 9 aromatic carbocycles. The maximum Gasteiger partial charge on any atom is 0.164 e. The van der Waals surface area contributed by atoms with E-state index in [1.165, 1.54) is 32.3 Å². The van der Waals surface area contributed by atoms with Crippen molar-refractivity contribution in [2.45, 2.75) is 0 Å². The molecule has 53 heavy (non-hydrogen) atoms. The summed E-state index contributed by atoms with van der Waals surface area (Å²) in [6.07, 6.45) is 0. The van der Waals surface area contributed by atoms with Crippen molar-refractivity contribution in [1.82, 2.24) is 15.0 Å². The predicted octanol–water partition coefficient (Wildman–Crippen LogP) is 13.1. The zero-order chi connectivity index (χ0) is 34.9. The molecule has 0 aliphatic heterocycles. The number of nitrogens with zero attached hydrogens (tertiary/aromatic N) is 3. The Bertz CT molecular complexity index is 3190. The molecule has 0 aliphatic carbocycles. The highest BCUT2D eigenvalue weighted by atomic mass is 16.3. The number of benzene rings is 9. The van der Waals surface area contributed by atoms with Gasteiger partial charge in [0.2, 0.25) is 0 Å². The van der Waals surface area contributed by atoms with Crippen LogP contribution < -0.4 is 0 Å². The van der Waals surface area contributed by atoms with Gasteiger partial charge in [-0.2, -0.15) is 0 Å². The Morgan fingerprint density at radius 3 is 1.57 bits per heavy atom. The average Bonchev–Trinajstić information content (AvgIpc) is 3.63. The lowest BCUT2D eigenvalue weighted by Gasteiger charge is -2.14. The van der Waals surface area contributed by atoms with Crippen LogP contribution >= 0.6 is 0 Å². The second-order valence-corrected chi connectivity index (χ2v) is 13.5. The molecule has 2 heterocycles. The first-order valence-corrected chi connectivity index (χ1v) is 17.9. The highest BCUT2D eigenvalue weighted by Crippen LogP contribution is 2.44. The maximum absolute atomic E-state index is 6.77. The summed E-state index contributed by atoms with van der Waals surface area (Å²) in [7, 11) is 0. The molecule has 0 N–H and O–H groups in total. The molecule has 4 heteroatoms. The zero-order valence-corrected chi connectivity index (χ0v) is 28.5. The van der Waals surface area contributed by atoms with Crippen LogP contribution in [0, 0.1) is 0 Å². The summed E-state index contributed by atoms with van der Waals surface area (Å²) in [5.41, 5.74) is 6.67. The highest BCUT2D eigenvalue weighted by Gasteiger charge is 2.22. The van der Waals surface area contributed by atoms with Crippen molar-refractivity contribution in [3.63, 3.8) is 0 Å². The van der Waals surface area contributed by atoms with E-state index in [1.54, 1.807) is 0 Å². The molecule has 0 saturated carbocycles. The Balaban J connectivity index is 1.22. The first kappa shape index (κ1) is 29.5. The van der Waals surface area contributed by atoms with E-state index >= 15 is 0 Å². The van der Waals surface area contributed by atoms with E-state index in [-0.39, 0.29) is 0 Å². The minimum absolute atomic E-state index is 0.598. The van der Waals surface area contributed by atoms with E-state index in [2.05, 4.69) is 140 Å². The summed E-state index contributed by atoms with van der Waals surface area (Å²) in [5.74, 6) is 1.83. The van der Waals surface area contributed by atoms with Crippen LogP contribution in [0.2, 0.25) is 0 Å². The molecule has 0 unspecified atom stereocenters. The van der Waals surface area contributed by atoms with Crippen LogP contribution in [0.5, 0.6) is 0 Å². The van der Waals surface area contributed by atoms with Gasteiger partial charge in [0.25, 0.3) is 0 Å². The second kappa shape index (κ2) is 11.7. The molecule has 11 aromatic rings. The lowest BCUT2D eigenvalue weighted by molar-refractivity contribution is 0.673. The Labute approximate surface area is 304 Å². The summed E-state index contributed by atoms with van der Waals surface area (Å²) in [6, 6.07) is 61.5. The van der Waals surface area contributed by atoms with Crippen molar-refractivity contribution in [2.75, 3.05) is 0 Å². The summed E-state index contributed by atoms with van der Waals surface area (Å²) >= 11 is 0. The summed E-state index contributed by atoms with van der Waals surface area (Å²) in [4.78, 5) is 15.7. The van der Waals surface area contributed by atoms with Gasteiger partial charge in [-0.3, -0.25) is 0 Å². The van der Waals surface area contributed by atoms with Crippen LogP contribution in [-0.2, 0) is 0 Å². The number of aromatic nitrogens is 3. The third kappa shape index (κ3) is 4.66. The molecule has 246 valence electrons. The fourth-order valence-electron chi connectivity index (χ4n) is 8.08. The van der Waals surface area contributed by atoms with Gasteiger partial charge in [-0.05, 0) is 67.0 Å².